The summed E-state index contributed by atoms with van der Waals surface area (Å²) >= 11 is 3.55. The van der Waals surface area contributed by atoms with E-state index in [1.54, 1.807) is 0 Å². The molecule has 2 rings (SSSR count). The Labute approximate surface area is 153 Å². The molecule has 0 saturated carbocycles. The molecule has 24 heavy (non-hydrogen) atoms. The van der Waals surface area contributed by atoms with Crippen molar-refractivity contribution in [2.24, 2.45) is 5.92 Å². The van der Waals surface area contributed by atoms with Gasteiger partial charge >= 0.3 is 0 Å². The van der Waals surface area contributed by atoms with Crippen molar-refractivity contribution in [1.29, 1.82) is 0 Å². The van der Waals surface area contributed by atoms with E-state index in [2.05, 4.69) is 47.2 Å². The van der Waals surface area contributed by atoms with E-state index in [1.165, 1.54) is 0 Å². The van der Waals surface area contributed by atoms with Gasteiger partial charge in [-0.05, 0) is 53.4 Å². The molecule has 4 heteroatoms. The molecular weight excluding hydrogens is 366 g/mol. The number of ether oxygens (including phenoxy) is 2. The van der Waals surface area contributed by atoms with Gasteiger partial charge in [-0.3, -0.25) is 0 Å². The van der Waals surface area contributed by atoms with Gasteiger partial charge in [0.1, 0.15) is 6.61 Å². The number of halogens is 1. The summed E-state index contributed by atoms with van der Waals surface area (Å²) in [5, 5.41) is 3.51. The lowest BCUT2D eigenvalue weighted by Gasteiger charge is -2.16. The van der Waals surface area contributed by atoms with Gasteiger partial charge in [0.2, 0.25) is 0 Å². The maximum atomic E-state index is 6.06. The van der Waals surface area contributed by atoms with Gasteiger partial charge in [0.15, 0.2) is 11.5 Å². The highest BCUT2D eigenvalue weighted by molar-refractivity contribution is 9.10. The molecule has 0 unspecified atom stereocenters. The van der Waals surface area contributed by atoms with Crippen molar-refractivity contribution in [2.45, 2.75) is 33.8 Å². The molecule has 3 nitrogen and oxygen atoms in total. The lowest BCUT2D eigenvalue weighted by molar-refractivity contribution is 0.268. The van der Waals surface area contributed by atoms with Gasteiger partial charge in [0, 0.05) is 17.8 Å². The minimum absolute atomic E-state index is 0.494. The van der Waals surface area contributed by atoms with Crippen LogP contribution >= 0.6 is 15.9 Å². The Morgan fingerprint density at radius 3 is 2.58 bits per heavy atom. The molecule has 0 aliphatic carbocycles. The molecule has 0 saturated heterocycles. The zero-order valence-electron chi connectivity index (χ0n) is 14.6. The second kappa shape index (κ2) is 9.58. The van der Waals surface area contributed by atoms with Crippen LogP contribution in [-0.2, 0) is 6.61 Å². The van der Waals surface area contributed by atoms with Gasteiger partial charge in [0.25, 0.3) is 0 Å². The normalized spacial score (nSPS) is 10.7. The Hall–Kier alpha value is -1.68. The molecule has 0 fully saturated rings. The van der Waals surface area contributed by atoms with Gasteiger partial charge in [-0.25, -0.2) is 0 Å². The molecule has 0 spiro atoms. The van der Waals surface area contributed by atoms with E-state index in [1.807, 2.05) is 37.3 Å². The van der Waals surface area contributed by atoms with E-state index in [-0.39, 0.29) is 0 Å². The van der Waals surface area contributed by atoms with Crippen molar-refractivity contribution in [3.63, 3.8) is 0 Å². The van der Waals surface area contributed by atoms with Crippen LogP contribution in [0.4, 0.5) is 5.69 Å². The first kappa shape index (κ1) is 18.7. The zero-order valence-corrected chi connectivity index (χ0v) is 16.2. The lowest BCUT2D eigenvalue weighted by Crippen LogP contribution is -2.08. The standard InChI is InChI=1S/C20H26BrNO2/c1-4-23-19-11-7-9-17(21)20(19)24-14-16-8-5-6-10-18(16)22-13-12-15(2)3/h5-11,15,22H,4,12-14H2,1-3H3. The molecule has 0 bridgehead atoms. The maximum absolute atomic E-state index is 6.06. The number of hydrogen-bond donors (Lipinski definition) is 1. The fourth-order valence-electron chi connectivity index (χ4n) is 2.36. The van der Waals surface area contributed by atoms with E-state index in [0.29, 0.717) is 19.1 Å². The molecule has 0 aromatic heterocycles. The largest absolute Gasteiger partial charge is 0.490 e. The fourth-order valence-corrected chi connectivity index (χ4v) is 2.82. The number of nitrogens with one attached hydrogen (secondary N) is 1. The maximum Gasteiger partial charge on any atom is 0.175 e. The van der Waals surface area contributed by atoms with Crippen LogP contribution in [0, 0.1) is 5.92 Å². The number of rotatable bonds is 9. The van der Waals surface area contributed by atoms with Crippen molar-refractivity contribution in [2.75, 3.05) is 18.5 Å². The van der Waals surface area contributed by atoms with Crippen molar-refractivity contribution in [3.8, 4) is 11.5 Å². The van der Waals surface area contributed by atoms with Crippen LogP contribution in [0.25, 0.3) is 0 Å². The number of benzene rings is 2. The number of anilines is 1. The summed E-state index contributed by atoms with van der Waals surface area (Å²) in [6.07, 6.45) is 1.15. The van der Waals surface area contributed by atoms with Gasteiger partial charge in [-0.1, -0.05) is 38.1 Å². The molecule has 1 N–H and O–H groups in total. The van der Waals surface area contributed by atoms with E-state index >= 15 is 0 Å². The first-order valence-corrected chi connectivity index (χ1v) is 9.27. The van der Waals surface area contributed by atoms with E-state index in [4.69, 9.17) is 9.47 Å². The third-order valence-electron chi connectivity index (χ3n) is 3.66. The Balaban J connectivity index is 2.07. The molecule has 0 aliphatic heterocycles. The molecule has 0 atom stereocenters. The minimum Gasteiger partial charge on any atom is -0.490 e. The highest BCUT2D eigenvalue weighted by Crippen LogP contribution is 2.36. The van der Waals surface area contributed by atoms with E-state index in [0.717, 1.165) is 40.2 Å². The van der Waals surface area contributed by atoms with Gasteiger partial charge in [-0.15, -0.1) is 0 Å². The summed E-state index contributed by atoms with van der Waals surface area (Å²) in [5.41, 5.74) is 2.27. The summed E-state index contributed by atoms with van der Waals surface area (Å²) in [6, 6.07) is 14.1. The first-order valence-electron chi connectivity index (χ1n) is 8.47. The quantitative estimate of drug-likeness (QED) is 0.578. The number of hydrogen-bond acceptors (Lipinski definition) is 3. The number of para-hydroxylation sites is 2. The summed E-state index contributed by atoms with van der Waals surface area (Å²) in [6.45, 7) is 8.51. The Morgan fingerprint density at radius 1 is 1.04 bits per heavy atom. The monoisotopic (exact) mass is 391 g/mol. The Bertz CT molecular complexity index is 643. The van der Waals surface area contributed by atoms with Gasteiger partial charge < -0.3 is 14.8 Å². The van der Waals surface area contributed by atoms with Crippen LogP contribution in [0.5, 0.6) is 11.5 Å². The van der Waals surface area contributed by atoms with Crippen LogP contribution in [-0.4, -0.2) is 13.2 Å². The average molecular weight is 392 g/mol. The van der Waals surface area contributed by atoms with Crippen LogP contribution in [0.1, 0.15) is 32.8 Å². The topological polar surface area (TPSA) is 30.5 Å². The highest BCUT2D eigenvalue weighted by atomic mass is 79.9. The SMILES string of the molecule is CCOc1cccc(Br)c1OCc1ccccc1NCCC(C)C. The molecule has 2 aromatic rings. The van der Waals surface area contributed by atoms with Crippen molar-refractivity contribution >= 4 is 21.6 Å². The molecule has 0 radical (unpaired) electrons. The third-order valence-corrected chi connectivity index (χ3v) is 4.28. The van der Waals surface area contributed by atoms with E-state index < -0.39 is 0 Å². The molecule has 0 amide bonds. The van der Waals surface area contributed by atoms with Crippen LogP contribution in [0.2, 0.25) is 0 Å². The van der Waals surface area contributed by atoms with Crippen molar-refractivity contribution in [3.05, 3.63) is 52.5 Å². The van der Waals surface area contributed by atoms with Gasteiger partial charge in [-0.2, -0.15) is 0 Å². The summed E-state index contributed by atoms with van der Waals surface area (Å²) in [7, 11) is 0. The zero-order chi connectivity index (χ0) is 17.4. The minimum atomic E-state index is 0.494. The average Bonchev–Trinajstić information content (AvgIpc) is 2.55. The third kappa shape index (κ3) is 5.45. The van der Waals surface area contributed by atoms with Crippen LogP contribution in [0.3, 0.4) is 0 Å². The van der Waals surface area contributed by atoms with Crippen molar-refractivity contribution < 1.29 is 9.47 Å². The van der Waals surface area contributed by atoms with E-state index in [9.17, 15) is 0 Å². The Morgan fingerprint density at radius 2 is 1.83 bits per heavy atom. The fraction of sp³-hybridized carbons (Fsp3) is 0.400. The Kier molecular flexibility index (Phi) is 7.44. The van der Waals surface area contributed by atoms with Crippen molar-refractivity contribution in [1.82, 2.24) is 0 Å². The van der Waals surface area contributed by atoms with Crippen LogP contribution < -0.4 is 14.8 Å². The summed E-state index contributed by atoms with van der Waals surface area (Å²) in [5.74, 6) is 2.20. The molecular formula is C20H26BrNO2. The summed E-state index contributed by atoms with van der Waals surface area (Å²) < 4.78 is 12.6. The molecule has 0 aliphatic rings. The predicted molar refractivity (Wildman–Crippen MR) is 104 cm³/mol. The smallest absolute Gasteiger partial charge is 0.175 e. The predicted octanol–water partition coefficient (Wildman–Crippen LogP) is 5.88. The molecule has 0 heterocycles. The van der Waals surface area contributed by atoms with Gasteiger partial charge in [0.05, 0.1) is 11.1 Å². The molecule has 2 aromatic carbocycles. The molecule has 130 valence electrons. The second-order valence-electron chi connectivity index (χ2n) is 6.06. The van der Waals surface area contributed by atoms with Crippen LogP contribution in [0.15, 0.2) is 46.9 Å². The summed E-state index contributed by atoms with van der Waals surface area (Å²) in [4.78, 5) is 0. The lowest BCUT2D eigenvalue weighted by atomic mass is 10.1. The first-order chi connectivity index (χ1) is 11.6. The second-order valence-corrected chi connectivity index (χ2v) is 6.91. The highest BCUT2D eigenvalue weighted by Gasteiger charge is 2.10.